The first-order valence-electron chi connectivity index (χ1n) is 8.76. The van der Waals surface area contributed by atoms with Crippen molar-refractivity contribution >= 4 is 5.97 Å². The molecule has 2 fully saturated rings. The number of benzene rings is 1. The van der Waals surface area contributed by atoms with E-state index in [-0.39, 0.29) is 6.10 Å². The quantitative estimate of drug-likeness (QED) is 0.686. The molecule has 0 aromatic heterocycles. The van der Waals surface area contributed by atoms with Crippen LogP contribution in [0, 0.1) is 0 Å². The van der Waals surface area contributed by atoms with Crippen LogP contribution in [0.4, 0.5) is 0 Å². The molecule has 126 valence electrons. The van der Waals surface area contributed by atoms with Crippen LogP contribution < -0.4 is 0 Å². The Morgan fingerprint density at radius 2 is 1.91 bits per heavy atom. The maximum Gasteiger partial charge on any atom is 0.340 e. The van der Waals surface area contributed by atoms with E-state index in [9.17, 15) is 9.90 Å². The van der Waals surface area contributed by atoms with Gasteiger partial charge in [0.2, 0.25) is 0 Å². The topological polar surface area (TPSA) is 46.5 Å². The third kappa shape index (κ3) is 3.75. The number of aliphatic hydroxyl groups excluding tert-OH is 1. The van der Waals surface area contributed by atoms with E-state index >= 15 is 0 Å². The van der Waals surface area contributed by atoms with Crippen molar-refractivity contribution in [3.63, 3.8) is 0 Å². The first kappa shape index (κ1) is 16.5. The highest BCUT2D eigenvalue weighted by Crippen LogP contribution is 2.37. The number of hydrogen-bond donors (Lipinski definition) is 1. The molecule has 1 saturated carbocycles. The largest absolute Gasteiger partial charge is 0.454 e. The minimum atomic E-state index is -1.16. The van der Waals surface area contributed by atoms with E-state index in [4.69, 9.17) is 4.74 Å². The Labute approximate surface area is 138 Å². The lowest BCUT2D eigenvalue weighted by Gasteiger charge is -2.23. The number of ether oxygens (including phenoxy) is 1. The second-order valence-electron chi connectivity index (χ2n) is 7.70. The standard InChI is InChI=1S/C19H28NO3/c1-20(2)12-11-15(13-20)23-19(22)18(21)17-10-6-5-9-16(17)14-7-3-4-8-14/h5-6,9-10,14-15,18,21H,3-4,7-8,11-13H2,1-2H3/q+1. The van der Waals surface area contributed by atoms with Crippen molar-refractivity contribution in [2.75, 3.05) is 27.2 Å². The average molecular weight is 318 g/mol. The van der Waals surface area contributed by atoms with Gasteiger partial charge in [0.05, 0.1) is 20.6 Å². The molecule has 1 saturated heterocycles. The fraction of sp³-hybridized carbons (Fsp3) is 0.632. The summed E-state index contributed by atoms with van der Waals surface area (Å²) in [4.78, 5) is 12.4. The molecule has 4 nitrogen and oxygen atoms in total. The van der Waals surface area contributed by atoms with Gasteiger partial charge >= 0.3 is 5.97 Å². The molecule has 2 aliphatic rings. The number of rotatable bonds is 4. The van der Waals surface area contributed by atoms with Crippen LogP contribution in [0.3, 0.4) is 0 Å². The highest BCUT2D eigenvalue weighted by Gasteiger charge is 2.35. The zero-order valence-corrected chi connectivity index (χ0v) is 14.2. The molecule has 2 unspecified atom stereocenters. The lowest BCUT2D eigenvalue weighted by Crippen LogP contribution is -2.38. The van der Waals surface area contributed by atoms with Gasteiger partial charge in [-0.2, -0.15) is 0 Å². The molecule has 1 aromatic carbocycles. The van der Waals surface area contributed by atoms with Gasteiger partial charge in [-0.25, -0.2) is 4.79 Å². The van der Waals surface area contributed by atoms with E-state index in [0.29, 0.717) is 5.92 Å². The summed E-state index contributed by atoms with van der Waals surface area (Å²) in [7, 11) is 4.28. The van der Waals surface area contributed by atoms with Gasteiger partial charge in [0.15, 0.2) is 12.2 Å². The van der Waals surface area contributed by atoms with E-state index in [1.165, 1.54) is 12.8 Å². The van der Waals surface area contributed by atoms with Crippen molar-refractivity contribution < 1.29 is 19.1 Å². The number of likely N-dealkylation sites (tertiary alicyclic amines) is 1. The Hall–Kier alpha value is -1.39. The van der Waals surface area contributed by atoms with E-state index < -0.39 is 12.1 Å². The maximum atomic E-state index is 12.4. The number of carbonyl (C=O) groups is 1. The zero-order valence-electron chi connectivity index (χ0n) is 14.2. The van der Waals surface area contributed by atoms with Crippen LogP contribution in [0.5, 0.6) is 0 Å². The van der Waals surface area contributed by atoms with Crippen molar-refractivity contribution in [2.45, 2.75) is 50.2 Å². The first-order chi connectivity index (χ1) is 11.0. The van der Waals surface area contributed by atoms with Gasteiger partial charge in [-0.3, -0.25) is 0 Å². The molecule has 0 bridgehead atoms. The van der Waals surface area contributed by atoms with Crippen molar-refractivity contribution in [1.82, 2.24) is 0 Å². The number of esters is 1. The number of carbonyl (C=O) groups excluding carboxylic acids is 1. The Balaban J connectivity index is 1.70. The monoisotopic (exact) mass is 318 g/mol. The Kier molecular flexibility index (Phi) is 4.74. The van der Waals surface area contributed by atoms with Gasteiger partial charge in [-0.15, -0.1) is 0 Å². The van der Waals surface area contributed by atoms with Gasteiger partial charge < -0.3 is 14.3 Å². The minimum Gasteiger partial charge on any atom is -0.454 e. The average Bonchev–Trinajstić information content (AvgIpc) is 3.16. The summed E-state index contributed by atoms with van der Waals surface area (Å²) in [6.45, 7) is 1.83. The number of quaternary nitrogens is 1. The first-order valence-corrected chi connectivity index (χ1v) is 8.76. The highest BCUT2D eigenvalue weighted by molar-refractivity contribution is 5.77. The summed E-state index contributed by atoms with van der Waals surface area (Å²) in [5.74, 6) is -0.0296. The zero-order chi connectivity index (χ0) is 16.4. The number of aliphatic hydroxyl groups is 1. The second kappa shape index (κ2) is 6.62. The predicted octanol–water partition coefficient (Wildman–Crippen LogP) is 2.77. The smallest absolute Gasteiger partial charge is 0.340 e. The lowest BCUT2D eigenvalue weighted by atomic mass is 9.90. The normalized spacial score (nSPS) is 25.4. The summed E-state index contributed by atoms with van der Waals surface area (Å²) in [6.07, 6.45) is 4.38. The van der Waals surface area contributed by atoms with Crippen LogP contribution in [-0.2, 0) is 9.53 Å². The molecule has 1 N–H and O–H groups in total. The molecule has 4 heteroatoms. The third-order valence-corrected chi connectivity index (χ3v) is 5.35. The van der Waals surface area contributed by atoms with Gasteiger partial charge in [0.1, 0.15) is 6.54 Å². The second-order valence-corrected chi connectivity index (χ2v) is 7.70. The maximum absolute atomic E-state index is 12.4. The Morgan fingerprint density at radius 3 is 2.57 bits per heavy atom. The third-order valence-electron chi connectivity index (χ3n) is 5.35. The number of likely N-dealkylation sites (N-methyl/N-ethyl adjacent to an activating group) is 1. The van der Waals surface area contributed by atoms with Gasteiger partial charge in [0.25, 0.3) is 0 Å². The summed E-state index contributed by atoms with van der Waals surface area (Å²) < 4.78 is 6.44. The van der Waals surface area contributed by atoms with Gasteiger partial charge in [-0.1, -0.05) is 37.1 Å². The van der Waals surface area contributed by atoms with Crippen LogP contribution in [0.2, 0.25) is 0 Å². The van der Waals surface area contributed by atoms with E-state index in [1.54, 1.807) is 0 Å². The number of hydrogen-bond acceptors (Lipinski definition) is 3. The summed E-state index contributed by atoms with van der Waals surface area (Å²) in [5.41, 5.74) is 1.85. The highest BCUT2D eigenvalue weighted by atomic mass is 16.6. The molecule has 2 atom stereocenters. The van der Waals surface area contributed by atoms with Crippen LogP contribution in [0.25, 0.3) is 0 Å². The predicted molar refractivity (Wildman–Crippen MR) is 89.0 cm³/mol. The van der Waals surface area contributed by atoms with Crippen LogP contribution in [0.1, 0.15) is 55.3 Å². The summed E-state index contributed by atoms with van der Waals surface area (Å²) >= 11 is 0. The molecule has 0 spiro atoms. The fourth-order valence-electron chi connectivity index (χ4n) is 4.05. The van der Waals surface area contributed by atoms with E-state index in [1.807, 2.05) is 18.2 Å². The minimum absolute atomic E-state index is 0.0780. The lowest BCUT2D eigenvalue weighted by molar-refractivity contribution is -0.879. The molecule has 0 radical (unpaired) electrons. The fourth-order valence-corrected chi connectivity index (χ4v) is 4.05. The molecule has 1 aliphatic carbocycles. The van der Waals surface area contributed by atoms with Gasteiger partial charge in [-0.05, 0) is 29.9 Å². The Bertz CT molecular complexity index is 563. The molecule has 1 aliphatic heterocycles. The van der Waals surface area contributed by atoms with Crippen LogP contribution in [0.15, 0.2) is 24.3 Å². The molecular weight excluding hydrogens is 290 g/mol. The molecule has 23 heavy (non-hydrogen) atoms. The van der Waals surface area contributed by atoms with Crippen LogP contribution in [-0.4, -0.2) is 48.8 Å². The molecule has 1 heterocycles. The van der Waals surface area contributed by atoms with Gasteiger partial charge in [0, 0.05) is 6.42 Å². The molecule has 3 rings (SSSR count). The Morgan fingerprint density at radius 1 is 1.22 bits per heavy atom. The molecular formula is C19H28NO3+. The molecule has 0 amide bonds. The van der Waals surface area contributed by atoms with Crippen molar-refractivity contribution in [3.05, 3.63) is 35.4 Å². The molecule has 1 aromatic rings. The van der Waals surface area contributed by atoms with Crippen molar-refractivity contribution in [2.24, 2.45) is 0 Å². The van der Waals surface area contributed by atoms with Crippen molar-refractivity contribution in [3.8, 4) is 0 Å². The van der Waals surface area contributed by atoms with E-state index in [2.05, 4.69) is 20.2 Å². The number of nitrogens with zero attached hydrogens (tertiary/aromatic N) is 1. The SMILES string of the molecule is C[N+]1(C)CCC(OC(=O)C(O)c2ccccc2C2CCCC2)C1. The summed E-state index contributed by atoms with van der Waals surface area (Å²) in [6, 6.07) is 7.80. The van der Waals surface area contributed by atoms with E-state index in [0.717, 1.165) is 48.0 Å². The van der Waals surface area contributed by atoms with Crippen molar-refractivity contribution in [1.29, 1.82) is 0 Å². The summed E-state index contributed by atoms with van der Waals surface area (Å²) in [5, 5.41) is 10.5. The van der Waals surface area contributed by atoms with Crippen LogP contribution >= 0.6 is 0 Å².